The molecule has 1 heterocycles. The lowest BCUT2D eigenvalue weighted by atomic mass is 10.0. The van der Waals surface area contributed by atoms with Gasteiger partial charge in [0.05, 0.1) is 23.3 Å². The van der Waals surface area contributed by atoms with Crippen LogP contribution in [0.2, 0.25) is 0 Å². The molecule has 0 saturated heterocycles. The molecule has 3 N–H and O–H groups in total. The number of fused-ring (bicyclic) bond motifs is 1. The summed E-state index contributed by atoms with van der Waals surface area (Å²) in [5.74, 6) is -0.957. The molecular formula is C24H20N4O3. The fourth-order valence-corrected chi connectivity index (χ4v) is 3.20. The third-order valence-electron chi connectivity index (χ3n) is 4.72. The summed E-state index contributed by atoms with van der Waals surface area (Å²) in [6, 6.07) is 21.8. The fourth-order valence-electron chi connectivity index (χ4n) is 3.20. The van der Waals surface area contributed by atoms with Gasteiger partial charge in [-0.25, -0.2) is 14.8 Å². The van der Waals surface area contributed by atoms with Crippen molar-refractivity contribution in [1.29, 1.82) is 0 Å². The molecule has 0 fully saturated rings. The highest BCUT2D eigenvalue weighted by Crippen LogP contribution is 2.28. The van der Waals surface area contributed by atoms with E-state index in [0.717, 1.165) is 27.7 Å². The Kier molecular flexibility index (Phi) is 5.57. The first-order valence-corrected chi connectivity index (χ1v) is 9.70. The second kappa shape index (κ2) is 8.62. The third kappa shape index (κ3) is 4.67. The maximum atomic E-state index is 12.3. The summed E-state index contributed by atoms with van der Waals surface area (Å²) in [7, 11) is 0. The van der Waals surface area contributed by atoms with Crippen LogP contribution in [0.15, 0.2) is 72.8 Å². The quantitative estimate of drug-likeness (QED) is 0.435. The Bertz CT molecular complexity index is 1260. The van der Waals surface area contributed by atoms with E-state index in [9.17, 15) is 9.59 Å². The van der Waals surface area contributed by atoms with Gasteiger partial charge in [-0.3, -0.25) is 4.79 Å². The van der Waals surface area contributed by atoms with E-state index in [4.69, 9.17) is 5.11 Å². The molecule has 0 radical (unpaired) electrons. The van der Waals surface area contributed by atoms with Gasteiger partial charge < -0.3 is 15.7 Å². The van der Waals surface area contributed by atoms with E-state index >= 15 is 0 Å². The van der Waals surface area contributed by atoms with Crippen LogP contribution < -0.4 is 10.6 Å². The van der Waals surface area contributed by atoms with Crippen molar-refractivity contribution in [3.05, 3.63) is 83.9 Å². The van der Waals surface area contributed by atoms with Crippen LogP contribution in [0, 0.1) is 6.92 Å². The Morgan fingerprint density at radius 2 is 1.68 bits per heavy atom. The zero-order chi connectivity index (χ0) is 21.8. The SMILES string of the molecule is Cc1ccc2nc(NCC(=O)Nc3ccc(C(=O)O)cc3)nc(-c3ccccc3)c2c1. The van der Waals surface area contributed by atoms with Crippen LogP contribution in [-0.2, 0) is 4.79 Å². The number of hydrogen-bond acceptors (Lipinski definition) is 5. The zero-order valence-corrected chi connectivity index (χ0v) is 16.8. The summed E-state index contributed by atoms with van der Waals surface area (Å²) >= 11 is 0. The maximum absolute atomic E-state index is 12.3. The molecule has 1 aromatic heterocycles. The molecule has 0 unspecified atom stereocenters. The van der Waals surface area contributed by atoms with E-state index in [0.29, 0.717) is 11.6 Å². The number of carboxylic acids is 1. The van der Waals surface area contributed by atoms with Gasteiger partial charge in [0.15, 0.2) is 0 Å². The summed E-state index contributed by atoms with van der Waals surface area (Å²) in [4.78, 5) is 32.4. The molecule has 4 aromatic rings. The lowest BCUT2D eigenvalue weighted by Gasteiger charge is -2.11. The predicted octanol–water partition coefficient (Wildman–Crippen LogP) is 4.35. The molecule has 0 atom stereocenters. The number of carboxylic acid groups (broad SMARTS) is 1. The summed E-state index contributed by atoms with van der Waals surface area (Å²) in [6.07, 6.45) is 0. The van der Waals surface area contributed by atoms with E-state index in [1.165, 1.54) is 12.1 Å². The summed E-state index contributed by atoms with van der Waals surface area (Å²) in [5.41, 5.74) is 4.32. The van der Waals surface area contributed by atoms with Crippen molar-refractivity contribution in [3.8, 4) is 11.3 Å². The van der Waals surface area contributed by atoms with Crippen molar-refractivity contribution in [2.75, 3.05) is 17.2 Å². The Hall–Kier alpha value is -4.26. The molecule has 0 bridgehead atoms. The van der Waals surface area contributed by atoms with E-state index in [1.807, 2.05) is 49.4 Å². The Morgan fingerprint density at radius 3 is 2.39 bits per heavy atom. The zero-order valence-electron chi connectivity index (χ0n) is 16.8. The van der Waals surface area contributed by atoms with Crippen LogP contribution >= 0.6 is 0 Å². The third-order valence-corrected chi connectivity index (χ3v) is 4.72. The Morgan fingerprint density at radius 1 is 0.935 bits per heavy atom. The molecular weight excluding hydrogens is 392 g/mol. The van der Waals surface area contributed by atoms with Gasteiger partial charge in [-0.05, 0) is 43.3 Å². The summed E-state index contributed by atoms with van der Waals surface area (Å²) < 4.78 is 0. The maximum Gasteiger partial charge on any atom is 0.335 e. The van der Waals surface area contributed by atoms with Crippen molar-refractivity contribution in [2.45, 2.75) is 6.92 Å². The topological polar surface area (TPSA) is 104 Å². The van der Waals surface area contributed by atoms with E-state index in [2.05, 4.69) is 26.7 Å². The average molecular weight is 412 g/mol. The molecule has 7 heteroatoms. The Labute approximate surface area is 178 Å². The number of carbonyl (C=O) groups excluding carboxylic acids is 1. The van der Waals surface area contributed by atoms with Gasteiger partial charge in [0, 0.05) is 16.6 Å². The van der Waals surface area contributed by atoms with Crippen molar-refractivity contribution in [3.63, 3.8) is 0 Å². The number of carbonyl (C=O) groups is 2. The molecule has 0 saturated carbocycles. The molecule has 154 valence electrons. The number of aromatic nitrogens is 2. The van der Waals surface area contributed by atoms with Crippen molar-refractivity contribution in [1.82, 2.24) is 9.97 Å². The number of rotatable bonds is 6. The minimum Gasteiger partial charge on any atom is -0.478 e. The van der Waals surface area contributed by atoms with E-state index in [1.54, 1.807) is 12.1 Å². The molecule has 0 aliphatic carbocycles. The molecule has 4 rings (SSSR count). The van der Waals surface area contributed by atoms with Gasteiger partial charge in [0.1, 0.15) is 0 Å². The number of aromatic carboxylic acids is 1. The highest BCUT2D eigenvalue weighted by Gasteiger charge is 2.11. The number of aryl methyl sites for hydroxylation is 1. The molecule has 0 aliphatic heterocycles. The van der Waals surface area contributed by atoms with Crippen LogP contribution in [0.4, 0.5) is 11.6 Å². The molecule has 7 nitrogen and oxygen atoms in total. The van der Waals surface area contributed by atoms with E-state index < -0.39 is 5.97 Å². The second-order valence-corrected chi connectivity index (χ2v) is 7.07. The van der Waals surface area contributed by atoms with Crippen LogP contribution in [0.3, 0.4) is 0 Å². The summed E-state index contributed by atoms with van der Waals surface area (Å²) in [5, 5.41) is 15.6. The monoisotopic (exact) mass is 412 g/mol. The highest BCUT2D eigenvalue weighted by molar-refractivity contribution is 5.96. The minimum absolute atomic E-state index is 0.0354. The fraction of sp³-hybridized carbons (Fsp3) is 0.0833. The molecule has 0 aliphatic rings. The van der Waals surface area contributed by atoms with Crippen molar-refractivity contribution >= 4 is 34.4 Å². The smallest absolute Gasteiger partial charge is 0.335 e. The molecule has 3 aromatic carbocycles. The van der Waals surface area contributed by atoms with Gasteiger partial charge in [-0.2, -0.15) is 0 Å². The number of hydrogen-bond donors (Lipinski definition) is 3. The van der Waals surface area contributed by atoms with Crippen LogP contribution in [0.25, 0.3) is 22.2 Å². The van der Waals surface area contributed by atoms with Gasteiger partial charge in [0.2, 0.25) is 11.9 Å². The Balaban J connectivity index is 1.54. The standard InChI is InChI=1S/C24H20N4O3/c1-15-7-12-20-19(13-15)22(16-5-3-2-4-6-16)28-24(27-20)25-14-21(29)26-18-10-8-17(9-11-18)23(30)31/h2-13H,14H2,1H3,(H,26,29)(H,30,31)(H,25,27,28). The predicted molar refractivity (Wildman–Crippen MR) is 120 cm³/mol. The lowest BCUT2D eigenvalue weighted by Crippen LogP contribution is -2.22. The van der Waals surface area contributed by atoms with Gasteiger partial charge >= 0.3 is 5.97 Å². The highest BCUT2D eigenvalue weighted by atomic mass is 16.4. The normalized spacial score (nSPS) is 10.6. The van der Waals surface area contributed by atoms with Gasteiger partial charge in [-0.1, -0.05) is 42.0 Å². The molecule has 31 heavy (non-hydrogen) atoms. The van der Waals surface area contributed by atoms with Crippen LogP contribution in [0.1, 0.15) is 15.9 Å². The number of nitrogens with zero attached hydrogens (tertiary/aromatic N) is 2. The average Bonchev–Trinajstić information content (AvgIpc) is 2.78. The first kappa shape index (κ1) is 20.0. The number of amides is 1. The minimum atomic E-state index is -1.02. The van der Waals surface area contributed by atoms with Crippen molar-refractivity contribution in [2.24, 2.45) is 0 Å². The number of nitrogens with one attached hydrogen (secondary N) is 2. The largest absolute Gasteiger partial charge is 0.478 e. The lowest BCUT2D eigenvalue weighted by molar-refractivity contribution is -0.114. The number of benzene rings is 3. The first-order valence-electron chi connectivity index (χ1n) is 9.70. The van der Waals surface area contributed by atoms with Gasteiger partial charge in [-0.15, -0.1) is 0 Å². The molecule has 1 amide bonds. The first-order chi connectivity index (χ1) is 15.0. The second-order valence-electron chi connectivity index (χ2n) is 7.07. The van der Waals surface area contributed by atoms with Crippen LogP contribution in [0.5, 0.6) is 0 Å². The van der Waals surface area contributed by atoms with Crippen molar-refractivity contribution < 1.29 is 14.7 Å². The van der Waals surface area contributed by atoms with E-state index in [-0.39, 0.29) is 18.0 Å². The molecule has 0 spiro atoms. The summed E-state index contributed by atoms with van der Waals surface area (Å²) in [6.45, 7) is 1.99. The van der Waals surface area contributed by atoms with Crippen LogP contribution in [-0.4, -0.2) is 33.5 Å². The number of anilines is 2. The van der Waals surface area contributed by atoms with Gasteiger partial charge in [0.25, 0.3) is 0 Å².